The molecule has 1 unspecified atom stereocenters. The molecule has 0 fully saturated rings. The van der Waals surface area contributed by atoms with Gasteiger partial charge >= 0.3 is 15.2 Å². The molecule has 0 aliphatic rings. The predicted molar refractivity (Wildman–Crippen MR) is 83.0 cm³/mol. The molecule has 6 N–H and O–H groups in total. The van der Waals surface area contributed by atoms with Crippen LogP contribution in [0.4, 0.5) is 0 Å². The topological polar surface area (TPSA) is 141 Å². The minimum atomic E-state index is -5.03. The van der Waals surface area contributed by atoms with Gasteiger partial charge < -0.3 is 25.3 Å². The Bertz CT molecular complexity index is 403. The second-order valence-corrected chi connectivity index (χ2v) is 9.82. The van der Waals surface area contributed by atoms with Gasteiger partial charge in [-0.05, 0) is 31.6 Å². The Morgan fingerprint density at radius 3 is 1.48 bits per heavy atom. The molecule has 1 atom stereocenters. The summed E-state index contributed by atoms with van der Waals surface area (Å²) >= 11 is 0. The lowest BCUT2D eigenvalue weighted by molar-refractivity contribution is 0.215. The fourth-order valence-corrected chi connectivity index (χ4v) is 6.69. The van der Waals surface area contributed by atoms with Crippen LogP contribution in [-0.2, 0) is 9.13 Å². The molecule has 0 aliphatic heterocycles. The Balaban J connectivity index is 6.03. The van der Waals surface area contributed by atoms with E-state index < -0.39 is 31.5 Å². The molecule has 0 radical (unpaired) electrons. The van der Waals surface area contributed by atoms with E-state index >= 15 is 0 Å². The van der Waals surface area contributed by atoms with Crippen molar-refractivity contribution >= 4 is 15.2 Å². The van der Waals surface area contributed by atoms with Crippen molar-refractivity contribution in [3.63, 3.8) is 0 Å². The van der Waals surface area contributed by atoms with Crippen LogP contribution in [0, 0.1) is 5.92 Å². The summed E-state index contributed by atoms with van der Waals surface area (Å²) in [5, 5.41) is 0. The van der Waals surface area contributed by atoms with Crippen LogP contribution in [0.25, 0.3) is 0 Å². The molecule has 21 heavy (non-hydrogen) atoms. The van der Waals surface area contributed by atoms with E-state index in [2.05, 4.69) is 0 Å². The largest absolute Gasteiger partial charge is 0.344 e. The SMILES string of the molecule is CCC(CC(N)(CC)CC)C(CC)(P(=O)(O)O)P(=O)(O)O. The van der Waals surface area contributed by atoms with Gasteiger partial charge in [-0.1, -0.05) is 34.1 Å². The molecule has 0 saturated carbocycles. The summed E-state index contributed by atoms with van der Waals surface area (Å²) in [6.07, 6.45) is 1.25. The number of rotatable bonds is 9. The molecule has 9 heteroatoms. The third kappa shape index (κ3) is 4.17. The molecule has 0 amide bonds. The molecule has 0 aromatic rings. The Hall–Kier alpha value is 0.260. The maximum absolute atomic E-state index is 12.0. The zero-order valence-electron chi connectivity index (χ0n) is 13.2. The molecule has 0 aliphatic carbocycles. The first kappa shape index (κ1) is 21.3. The van der Waals surface area contributed by atoms with Gasteiger partial charge in [0.25, 0.3) is 0 Å². The van der Waals surface area contributed by atoms with Crippen molar-refractivity contribution < 1.29 is 28.7 Å². The molecule has 0 bridgehead atoms. The summed E-state index contributed by atoms with van der Waals surface area (Å²) in [6.45, 7) is 6.79. The van der Waals surface area contributed by atoms with Crippen molar-refractivity contribution in [3.05, 3.63) is 0 Å². The van der Waals surface area contributed by atoms with Gasteiger partial charge in [-0.2, -0.15) is 0 Å². The van der Waals surface area contributed by atoms with Gasteiger partial charge in [0.15, 0.2) is 4.90 Å². The van der Waals surface area contributed by atoms with Crippen LogP contribution >= 0.6 is 15.2 Å². The highest BCUT2D eigenvalue weighted by molar-refractivity contribution is 7.72. The first-order chi connectivity index (χ1) is 9.35. The van der Waals surface area contributed by atoms with Crippen molar-refractivity contribution in [2.24, 2.45) is 11.7 Å². The van der Waals surface area contributed by atoms with Crippen molar-refractivity contribution in [3.8, 4) is 0 Å². The second-order valence-electron chi connectivity index (χ2n) is 5.70. The highest BCUT2D eigenvalue weighted by atomic mass is 31.2. The maximum atomic E-state index is 12.0. The lowest BCUT2D eigenvalue weighted by atomic mass is 9.80. The molecule has 0 rings (SSSR count). The number of hydrogen-bond donors (Lipinski definition) is 5. The zero-order chi connectivity index (χ0) is 17.1. The second kappa shape index (κ2) is 7.22. The quantitative estimate of drug-likeness (QED) is 0.404. The molecule has 0 saturated heterocycles. The third-order valence-electron chi connectivity index (χ3n) is 4.74. The van der Waals surface area contributed by atoms with Gasteiger partial charge in [-0.15, -0.1) is 0 Å². The molecule has 128 valence electrons. The van der Waals surface area contributed by atoms with E-state index in [9.17, 15) is 28.7 Å². The van der Waals surface area contributed by atoms with Crippen molar-refractivity contribution in [1.29, 1.82) is 0 Å². The van der Waals surface area contributed by atoms with E-state index in [1.165, 1.54) is 6.92 Å². The minimum Gasteiger partial charge on any atom is -0.325 e. The molecule has 0 spiro atoms. The first-order valence-electron chi connectivity index (χ1n) is 7.25. The van der Waals surface area contributed by atoms with Crippen molar-refractivity contribution in [2.45, 2.75) is 70.2 Å². The predicted octanol–water partition coefficient (Wildman–Crippen LogP) is 2.38. The van der Waals surface area contributed by atoms with Crippen LogP contribution in [0.15, 0.2) is 0 Å². The van der Waals surface area contributed by atoms with Crippen LogP contribution in [0.1, 0.15) is 59.8 Å². The van der Waals surface area contributed by atoms with Gasteiger partial charge in [0.1, 0.15) is 0 Å². The fraction of sp³-hybridized carbons (Fsp3) is 1.00. The van der Waals surface area contributed by atoms with Crippen molar-refractivity contribution in [1.82, 2.24) is 0 Å². The maximum Gasteiger partial charge on any atom is 0.344 e. The van der Waals surface area contributed by atoms with Gasteiger partial charge in [-0.25, -0.2) is 0 Å². The summed E-state index contributed by atoms with van der Waals surface area (Å²) in [6, 6.07) is 0. The zero-order valence-corrected chi connectivity index (χ0v) is 15.0. The molecule has 7 nitrogen and oxygen atoms in total. The average Bonchev–Trinajstić information content (AvgIpc) is 2.35. The summed E-state index contributed by atoms with van der Waals surface area (Å²) in [4.78, 5) is 36.4. The summed E-state index contributed by atoms with van der Waals surface area (Å²) in [7, 11) is -10.1. The Labute approximate surface area is 126 Å². The fourth-order valence-electron chi connectivity index (χ4n) is 3.01. The van der Waals surface area contributed by atoms with E-state index in [1.807, 2.05) is 13.8 Å². The highest BCUT2D eigenvalue weighted by Gasteiger charge is 2.63. The standard InChI is InChI=1S/C12H29NO6P2/c1-5-10(9-11(13,6-2)7-3)12(8-4,20(14,15)16)21(17,18)19/h10H,5-9,13H2,1-4H3,(H2,14,15,16)(H2,17,18,19). The Morgan fingerprint density at radius 2 is 1.29 bits per heavy atom. The monoisotopic (exact) mass is 345 g/mol. The van der Waals surface area contributed by atoms with Crippen LogP contribution in [0.3, 0.4) is 0 Å². The summed E-state index contributed by atoms with van der Waals surface area (Å²) in [5.41, 5.74) is 5.52. The highest BCUT2D eigenvalue weighted by Crippen LogP contribution is 2.74. The van der Waals surface area contributed by atoms with Gasteiger partial charge in [0.2, 0.25) is 0 Å². The lowest BCUT2D eigenvalue weighted by Gasteiger charge is -2.43. The minimum absolute atomic E-state index is 0.167. The molecular formula is C12H29NO6P2. The normalized spacial score (nSPS) is 16.0. The van der Waals surface area contributed by atoms with Crippen LogP contribution < -0.4 is 5.73 Å². The Morgan fingerprint density at radius 1 is 0.905 bits per heavy atom. The molecule has 0 heterocycles. The number of hydrogen-bond acceptors (Lipinski definition) is 3. The van der Waals surface area contributed by atoms with E-state index in [-0.39, 0.29) is 19.3 Å². The average molecular weight is 345 g/mol. The van der Waals surface area contributed by atoms with E-state index in [1.54, 1.807) is 6.92 Å². The van der Waals surface area contributed by atoms with Gasteiger partial charge in [-0.3, -0.25) is 9.13 Å². The van der Waals surface area contributed by atoms with E-state index in [0.717, 1.165) is 0 Å². The van der Waals surface area contributed by atoms with Crippen LogP contribution in [-0.4, -0.2) is 30.0 Å². The van der Waals surface area contributed by atoms with Crippen molar-refractivity contribution in [2.75, 3.05) is 0 Å². The lowest BCUT2D eigenvalue weighted by Crippen LogP contribution is -2.46. The molecule has 0 aromatic heterocycles. The molecule has 0 aromatic carbocycles. The van der Waals surface area contributed by atoms with E-state index in [4.69, 9.17) is 5.73 Å². The molecular weight excluding hydrogens is 316 g/mol. The van der Waals surface area contributed by atoms with E-state index in [0.29, 0.717) is 12.8 Å². The number of nitrogens with two attached hydrogens (primary N) is 1. The summed E-state index contributed by atoms with van der Waals surface area (Å²) in [5.74, 6) is -0.853. The van der Waals surface area contributed by atoms with Gasteiger partial charge in [0, 0.05) is 5.54 Å². The van der Waals surface area contributed by atoms with Crippen LogP contribution in [0.2, 0.25) is 0 Å². The first-order valence-corrected chi connectivity index (χ1v) is 10.5. The van der Waals surface area contributed by atoms with Crippen LogP contribution in [0.5, 0.6) is 0 Å². The third-order valence-corrected chi connectivity index (χ3v) is 9.68. The van der Waals surface area contributed by atoms with Gasteiger partial charge in [0.05, 0.1) is 0 Å². The Kier molecular flexibility index (Phi) is 7.31. The summed E-state index contributed by atoms with van der Waals surface area (Å²) < 4.78 is 23.9. The smallest absolute Gasteiger partial charge is 0.325 e.